The minimum Gasteiger partial charge on any atom is -0.456 e. The lowest BCUT2D eigenvalue weighted by Crippen LogP contribution is -2.09. The number of carbonyl (C=O) groups is 1. The number of Topliss-reactive ketones (excluding diaryl/α,β-unsaturated/α-hetero) is 1. The maximum absolute atomic E-state index is 11.6. The van der Waals surface area contributed by atoms with Crippen LogP contribution in [-0.2, 0) is 11.2 Å². The first-order valence-corrected chi connectivity index (χ1v) is 6.90. The van der Waals surface area contributed by atoms with Crippen LogP contribution in [0.3, 0.4) is 0 Å². The van der Waals surface area contributed by atoms with E-state index in [1.165, 1.54) is 6.21 Å². The highest BCUT2D eigenvalue weighted by Crippen LogP contribution is 2.38. The Balaban J connectivity index is 1.97. The van der Waals surface area contributed by atoms with Crippen LogP contribution >= 0.6 is 0 Å². The summed E-state index contributed by atoms with van der Waals surface area (Å²) in [5.74, 6) is 0.839. The molecule has 0 atom stereocenters. The number of hydrogen-bond acceptors (Lipinski definition) is 3. The fraction of sp³-hybridized carbons (Fsp3) is 0.111. The zero-order valence-corrected chi connectivity index (χ0v) is 11.6. The van der Waals surface area contributed by atoms with E-state index in [0.29, 0.717) is 6.42 Å². The van der Waals surface area contributed by atoms with Gasteiger partial charge in [0.05, 0.1) is 11.9 Å². The van der Waals surface area contributed by atoms with E-state index in [1.54, 1.807) is 0 Å². The molecular formula is C18H13NO2. The molecule has 0 bridgehead atoms. The Morgan fingerprint density at radius 2 is 2.00 bits per heavy atom. The molecule has 0 spiro atoms. The van der Waals surface area contributed by atoms with Crippen LogP contribution in [0.4, 0.5) is 5.69 Å². The minimum atomic E-state index is 0.0451. The number of hydrogen-bond donors (Lipinski definition) is 0. The zero-order chi connectivity index (χ0) is 14.4. The van der Waals surface area contributed by atoms with Crippen molar-refractivity contribution in [2.45, 2.75) is 13.3 Å². The Hall–Kier alpha value is -2.68. The van der Waals surface area contributed by atoms with Gasteiger partial charge in [0, 0.05) is 17.4 Å². The molecule has 0 N–H and O–H groups in total. The van der Waals surface area contributed by atoms with Gasteiger partial charge in [-0.2, -0.15) is 0 Å². The van der Waals surface area contributed by atoms with E-state index in [1.807, 2.05) is 43.3 Å². The molecule has 2 heterocycles. The van der Waals surface area contributed by atoms with Gasteiger partial charge in [0.25, 0.3) is 0 Å². The third-order valence-electron chi connectivity index (χ3n) is 3.73. The Morgan fingerprint density at radius 1 is 1.14 bits per heavy atom. The number of aliphatic imine (C=N–C) groups is 1. The number of carbonyl (C=O) groups excluding carboxylic acids is 1. The van der Waals surface area contributed by atoms with Crippen LogP contribution in [0.5, 0.6) is 0 Å². The molecule has 1 aromatic heterocycles. The molecule has 2 aromatic carbocycles. The molecule has 0 saturated heterocycles. The molecule has 0 unspecified atom stereocenters. The van der Waals surface area contributed by atoms with Gasteiger partial charge in [0.15, 0.2) is 5.78 Å². The van der Waals surface area contributed by atoms with E-state index in [2.05, 4.69) is 11.1 Å². The molecule has 3 aromatic rings. The minimum absolute atomic E-state index is 0.0451. The second kappa shape index (κ2) is 4.42. The van der Waals surface area contributed by atoms with E-state index in [0.717, 1.165) is 39.1 Å². The molecule has 3 nitrogen and oxygen atoms in total. The summed E-state index contributed by atoms with van der Waals surface area (Å²) in [4.78, 5) is 15.9. The average molecular weight is 275 g/mol. The molecule has 1 aliphatic heterocycles. The van der Waals surface area contributed by atoms with Crippen molar-refractivity contribution < 1.29 is 9.21 Å². The van der Waals surface area contributed by atoms with Gasteiger partial charge in [-0.3, -0.25) is 9.79 Å². The van der Waals surface area contributed by atoms with Crippen molar-refractivity contribution in [3.8, 4) is 11.3 Å². The van der Waals surface area contributed by atoms with Crippen LogP contribution < -0.4 is 0 Å². The van der Waals surface area contributed by atoms with Gasteiger partial charge < -0.3 is 4.42 Å². The fourth-order valence-electron chi connectivity index (χ4n) is 2.81. The summed E-state index contributed by atoms with van der Waals surface area (Å²) >= 11 is 0. The van der Waals surface area contributed by atoms with E-state index in [9.17, 15) is 4.79 Å². The van der Waals surface area contributed by atoms with Crippen LogP contribution in [0.2, 0.25) is 0 Å². The number of para-hydroxylation sites is 1. The van der Waals surface area contributed by atoms with Crippen LogP contribution in [0.1, 0.15) is 11.1 Å². The Kier molecular flexibility index (Phi) is 2.54. The maximum atomic E-state index is 11.6. The van der Waals surface area contributed by atoms with E-state index in [4.69, 9.17) is 4.42 Å². The molecular weight excluding hydrogens is 262 g/mol. The Labute approximate surface area is 121 Å². The summed E-state index contributed by atoms with van der Waals surface area (Å²) in [6, 6.07) is 14.0. The van der Waals surface area contributed by atoms with Crippen LogP contribution in [0.15, 0.2) is 51.9 Å². The summed E-state index contributed by atoms with van der Waals surface area (Å²) in [7, 11) is 0. The van der Waals surface area contributed by atoms with E-state index < -0.39 is 0 Å². The smallest absolute Gasteiger partial charge is 0.178 e. The highest BCUT2D eigenvalue weighted by Gasteiger charge is 2.19. The molecule has 0 amide bonds. The number of aryl methyl sites for hydroxylation is 1. The summed E-state index contributed by atoms with van der Waals surface area (Å²) in [5, 5.41) is 1.07. The fourth-order valence-corrected chi connectivity index (χ4v) is 2.81. The van der Waals surface area contributed by atoms with Crippen molar-refractivity contribution in [3.05, 3.63) is 53.6 Å². The third kappa shape index (κ3) is 1.98. The SMILES string of the molecule is Cc1cc2c(c(-c3cc4ccccc4o3)c1)N=CC(=O)C2. The van der Waals surface area contributed by atoms with Crippen molar-refractivity contribution in [2.24, 2.45) is 4.99 Å². The lowest BCUT2D eigenvalue weighted by molar-refractivity contribution is -0.112. The number of furan rings is 1. The predicted molar refractivity (Wildman–Crippen MR) is 83.3 cm³/mol. The van der Waals surface area contributed by atoms with Gasteiger partial charge in [0.2, 0.25) is 0 Å². The van der Waals surface area contributed by atoms with Gasteiger partial charge in [-0.15, -0.1) is 0 Å². The van der Waals surface area contributed by atoms with Crippen LogP contribution in [0.25, 0.3) is 22.3 Å². The highest BCUT2D eigenvalue weighted by molar-refractivity contribution is 6.30. The predicted octanol–water partition coefficient (Wildman–Crippen LogP) is 4.24. The normalized spacial score (nSPS) is 13.7. The van der Waals surface area contributed by atoms with Crippen molar-refractivity contribution in [2.75, 3.05) is 0 Å². The molecule has 0 aliphatic carbocycles. The van der Waals surface area contributed by atoms with Gasteiger partial charge in [-0.05, 0) is 36.2 Å². The molecule has 3 heteroatoms. The summed E-state index contributed by atoms with van der Waals surface area (Å²) in [5.41, 5.74) is 4.73. The van der Waals surface area contributed by atoms with Crippen molar-refractivity contribution >= 4 is 28.7 Å². The summed E-state index contributed by atoms with van der Waals surface area (Å²) < 4.78 is 5.94. The van der Waals surface area contributed by atoms with Crippen LogP contribution in [-0.4, -0.2) is 12.0 Å². The molecule has 0 saturated carbocycles. The third-order valence-corrected chi connectivity index (χ3v) is 3.73. The quantitative estimate of drug-likeness (QED) is 0.666. The average Bonchev–Trinajstić information content (AvgIpc) is 2.89. The number of fused-ring (bicyclic) bond motifs is 2. The maximum Gasteiger partial charge on any atom is 0.178 e. The molecule has 21 heavy (non-hydrogen) atoms. The Morgan fingerprint density at radius 3 is 2.86 bits per heavy atom. The van der Waals surface area contributed by atoms with Gasteiger partial charge in [0.1, 0.15) is 11.3 Å². The zero-order valence-electron chi connectivity index (χ0n) is 11.6. The van der Waals surface area contributed by atoms with Gasteiger partial charge >= 0.3 is 0 Å². The van der Waals surface area contributed by atoms with Gasteiger partial charge in [-0.25, -0.2) is 0 Å². The molecule has 0 radical (unpaired) electrons. The first-order chi connectivity index (χ1) is 10.2. The van der Waals surface area contributed by atoms with Gasteiger partial charge in [-0.1, -0.05) is 24.3 Å². The van der Waals surface area contributed by atoms with Crippen molar-refractivity contribution in [1.29, 1.82) is 0 Å². The second-order valence-electron chi connectivity index (χ2n) is 5.37. The lowest BCUT2D eigenvalue weighted by Gasteiger charge is -2.13. The summed E-state index contributed by atoms with van der Waals surface area (Å²) in [6.45, 7) is 2.02. The lowest BCUT2D eigenvalue weighted by atomic mass is 9.96. The molecule has 0 fully saturated rings. The highest BCUT2D eigenvalue weighted by atomic mass is 16.3. The monoisotopic (exact) mass is 275 g/mol. The largest absolute Gasteiger partial charge is 0.456 e. The summed E-state index contributed by atoms with van der Waals surface area (Å²) in [6.07, 6.45) is 1.82. The van der Waals surface area contributed by atoms with Crippen molar-refractivity contribution in [3.63, 3.8) is 0 Å². The number of benzene rings is 2. The first kappa shape index (κ1) is 12.1. The standard InChI is InChI=1S/C18H13NO2/c1-11-6-13-8-14(20)10-19-18(13)15(7-11)17-9-12-4-2-3-5-16(12)21-17/h2-7,9-10H,8H2,1H3. The van der Waals surface area contributed by atoms with Crippen molar-refractivity contribution in [1.82, 2.24) is 0 Å². The topological polar surface area (TPSA) is 42.6 Å². The Bertz CT molecular complexity index is 870. The molecule has 102 valence electrons. The first-order valence-electron chi connectivity index (χ1n) is 6.90. The second-order valence-corrected chi connectivity index (χ2v) is 5.37. The van der Waals surface area contributed by atoms with E-state index >= 15 is 0 Å². The van der Waals surface area contributed by atoms with E-state index in [-0.39, 0.29) is 5.78 Å². The number of nitrogens with zero attached hydrogens (tertiary/aromatic N) is 1. The molecule has 4 rings (SSSR count). The molecule has 1 aliphatic rings. The number of rotatable bonds is 1. The number of ketones is 1. The van der Waals surface area contributed by atoms with Crippen LogP contribution in [0, 0.1) is 6.92 Å².